The number of urea groups is 1. The molecule has 2 fully saturated rings. The summed E-state index contributed by atoms with van der Waals surface area (Å²) in [5.41, 5.74) is -0.393. The topological polar surface area (TPSA) is 146 Å². The number of hydrogen-bond acceptors (Lipinski definition) is 6. The molecule has 4 amide bonds. The number of carboxylic acid groups (broad SMARTS) is 1. The summed E-state index contributed by atoms with van der Waals surface area (Å²) in [5, 5.41) is 16.6. The first-order valence-corrected chi connectivity index (χ1v) is 13.1. The van der Waals surface area contributed by atoms with Crippen molar-refractivity contribution in [1.29, 1.82) is 0 Å². The van der Waals surface area contributed by atoms with Crippen LogP contribution >= 0.6 is 0 Å². The minimum Gasteiger partial charge on any atom is -0.480 e. The zero-order valence-electron chi connectivity index (χ0n) is 22.4. The second-order valence-corrected chi connectivity index (χ2v) is 10.2. The molecule has 0 aromatic carbocycles. The Kier molecular flexibility index (Phi) is 14.9. The standard InChI is InChI=1S/C16H27N3O5.C9H19NO2.2H2/c20-14(21)11-17-15(22)13(10-12-4-2-1-3-5-12)18-16(23)19-6-8-24-9-7-19;1-5-6-7-10-8(11)12-9(2,3)4;;/h12-13H,1-11H2,(H,17,22)(H,18,23)(H,20,21);5-7H2,1-4H3,(H,10,11);2*1H/t13-;;;/m0.../s1. The van der Waals surface area contributed by atoms with Crippen LogP contribution in [-0.2, 0) is 19.1 Å². The largest absolute Gasteiger partial charge is 0.480 e. The normalized spacial score (nSPS) is 17.2. The monoisotopic (exact) mass is 518 g/mol. The van der Waals surface area contributed by atoms with Crippen LogP contribution in [0.2, 0.25) is 0 Å². The number of nitrogens with zero attached hydrogens (tertiary/aromatic N) is 1. The molecular weight excluding hydrogens is 468 g/mol. The minimum absolute atomic E-state index is 0. The van der Waals surface area contributed by atoms with E-state index < -0.39 is 30.1 Å². The Hall–Kier alpha value is -2.56. The molecule has 4 N–H and O–H groups in total. The van der Waals surface area contributed by atoms with Gasteiger partial charge < -0.3 is 35.4 Å². The molecule has 1 saturated heterocycles. The van der Waals surface area contributed by atoms with Crippen LogP contribution in [0, 0.1) is 5.92 Å². The first-order valence-electron chi connectivity index (χ1n) is 13.1. The van der Waals surface area contributed by atoms with Gasteiger partial charge in [-0.25, -0.2) is 9.59 Å². The number of carbonyl (C=O) groups excluding carboxylic acids is 3. The molecule has 0 bridgehead atoms. The smallest absolute Gasteiger partial charge is 0.407 e. The van der Waals surface area contributed by atoms with E-state index in [0.717, 1.165) is 38.5 Å². The summed E-state index contributed by atoms with van der Waals surface area (Å²) in [6.45, 7) is 9.89. The molecule has 2 aliphatic rings. The summed E-state index contributed by atoms with van der Waals surface area (Å²) in [6, 6.07) is -0.979. The maximum Gasteiger partial charge on any atom is 0.407 e. The first kappa shape index (κ1) is 31.5. The van der Waals surface area contributed by atoms with Crippen molar-refractivity contribution in [2.75, 3.05) is 39.4 Å². The average Bonchev–Trinajstić information content (AvgIpc) is 2.82. The van der Waals surface area contributed by atoms with Gasteiger partial charge in [-0.3, -0.25) is 9.59 Å². The van der Waals surface area contributed by atoms with Crippen LogP contribution in [0.1, 0.15) is 81.9 Å². The van der Waals surface area contributed by atoms with Gasteiger partial charge in [-0.2, -0.15) is 0 Å². The zero-order valence-corrected chi connectivity index (χ0v) is 22.4. The lowest BCUT2D eigenvalue weighted by atomic mass is 9.84. The van der Waals surface area contributed by atoms with Crippen molar-refractivity contribution in [2.24, 2.45) is 5.92 Å². The van der Waals surface area contributed by atoms with Crippen LogP contribution < -0.4 is 16.0 Å². The van der Waals surface area contributed by atoms with Crippen molar-refractivity contribution in [3.8, 4) is 0 Å². The Morgan fingerprint density at radius 1 is 1.08 bits per heavy atom. The lowest BCUT2D eigenvalue weighted by Gasteiger charge is -2.31. The molecule has 1 heterocycles. The molecule has 0 spiro atoms. The lowest BCUT2D eigenvalue weighted by molar-refractivity contribution is -0.138. The van der Waals surface area contributed by atoms with Crippen LogP contribution in [-0.4, -0.2) is 85.0 Å². The molecular formula is C25H50N4O7. The molecule has 212 valence electrons. The zero-order chi connectivity index (χ0) is 27.0. The van der Waals surface area contributed by atoms with E-state index in [0.29, 0.717) is 45.2 Å². The first-order chi connectivity index (χ1) is 17.0. The molecule has 1 aliphatic heterocycles. The van der Waals surface area contributed by atoms with E-state index in [1.165, 1.54) is 6.42 Å². The van der Waals surface area contributed by atoms with Gasteiger partial charge in [0, 0.05) is 22.5 Å². The third-order valence-electron chi connectivity index (χ3n) is 5.82. The fourth-order valence-electron chi connectivity index (χ4n) is 3.96. The number of unbranched alkanes of at least 4 members (excludes halogenated alkanes) is 1. The number of ether oxygens (including phenoxy) is 2. The molecule has 36 heavy (non-hydrogen) atoms. The number of aliphatic carboxylic acids is 1. The maximum absolute atomic E-state index is 12.4. The van der Waals surface area contributed by atoms with E-state index in [9.17, 15) is 19.2 Å². The molecule has 1 saturated carbocycles. The fraction of sp³-hybridized carbons (Fsp3) is 0.840. The average molecular weight is 519 g/mol. The summed E-state index contributed by atoms with van der Waals surface area (Å²) >= 11 is 0. The molecule has 0 aromatic rings. The fourth-order valence-corrected chi connectivity index (χ4v) is 3.96. The number of rotatable bonds is 9. The van der Waals surface area contributed by atoms with Crippen molar-refractivity contribution < 1.29 is 36.6 Å². The third kappa shape index (κ3) is 14.8. The number of carbonyl (C=O) groups is 4. The molecule has 0 unspecified atom stereocenters. The van der Waals surface area contributed by atoms with E-state index in [-0.39, 0.29) is 15.0 Å². The van der Waals surface area contributed by atoms with Gasteiger partial charge in [0.25, 0.3) is 0 Å². The number of nitrogens with one attached hydrogen (secondary N) is 3. The third-order valence-corrected chi connectivity index (χ3v) is 5.82. The second kappa shape index (κ2) is 17.0. The van der Waals surface area contributed by atoms with E-state index in [2.05, 4.69) is 22.9 Å². The van der Waals surface area contributed by atoms with Crippen molar-refractivity contribution in [3.05, 3.63) is 0 Å². The summed E-state index contributed by atoms with van der Waals surface area (Å²) in [7, 11) is 0. The minimum atomic E-state index is -1.10. The number of carboxylic acids is 1. The van der Waals surface area contributed by atoms with Gasteiger partial charge in [0.2, 0.25) is 5.91 Å². The molecule has 0 aromatic heterocycles. The maximum atomic E-state index is 12.4. The number of hydrogen-bond donors (Lipinski definition) is 4. The van der Waals surface area contributed by atoms with E-state index >= 15 is 0 Å². The molecule has 0 radical (unpaired) electrons. The molecule has 1 aliphatic carbocycles. The highest BCUT2D eigenvalue weighted by molar-refractivity contribution is 5.89. The van der Waals surface area contributed by atoms with Crippen LogP contribution in [0.4, 0.5) is 9.59 Å². The lowest BCUT2D eigenvalue weighted by Crippen LogP contribution is -2.54. The number of morpholine rings is 1. The summed E-state index contributed by atoms with van der Waals surface area (Å²) in [4.78, 5) is 48.0. The predicted octanol–water partition coefficient (Wildman–Crippen LogP) is 3.37. The van der Waals surface area contributed by atoms with E-state index in [1.54, 1.807) is 4.90 Å². The van der Waals surface area contributed by atoms with Gasteiger partial charge >= 0.3 is 18.1 Å². The number of amides is 4. The van der Waals surface area contributed by atoms with Crippen molar-refractivity contribution >= 4 is 24.0 Å². The van der Waals surface area contributed by atoms with Gasteiger partial charge in [0.1, 0.15) is 18.2 Å². The highest BCUT2D eigenvalue weighted by Gasteiger charge is 2.28. The molecule has 1 atom stereocenters. The predicted molar refractivity (Wildman–Crippen MR) is 140 cm³/mol. The van der Waals surface area contributed by atoms with Gasteiger partial charge in [-0.1, -0.05) is 45.4 Å². The summed E-state index contributed by atoms with van der Waals surface area (Å²) < 4.78 is 10.3. The Labute approximate surface area is 218 Å². The van der Waals surface area contributed by atoms with Crippen LogP contribution in [0.25, 0.3) is 0 Å². The van der Waals surface area contributed by atoms with Crippen LogP contribution in [0.3, 0.4) is 0 Å². The van der Waals surface area contributed by atoms with Crippen molar-refractivity contribution in [3.63, 3.8) is 0 Å². The Bertz CT molecular complexity index is 696. The highest BCUT2D eigenvalue weighted by Crippen LogP contribution is 2.27. The Morgan fingerprint density at radius 2 is 1.72 bits per heavy atom. The second-order valence-electron chi connectivity index (χ2n) is 10.2. The molecule has 2 rings (SSSR count). The molecule has 11 heteroatoms. The Morgan fingerprint density at radius 3 is 2.28 bits per heavy atom. The van der Waals surface area contributed by atoms with Gasteiger partial charge in [-0.05, 0) is 39.5 Å². The highest BCUT2D eigenvalue weighted by atomic mass is 16.6. The van der Waals surface area contributed by atoms with E-state index in [1.807, 2.05) is 20.8 Å². The van der Waals surface area contributed by atoms with Crippen LogP contribution in [0.15, 0.2) is 0 Å². The quantitative estimate of drug-likeness (QED) is 0.342. The summed E-state index contributed by atoms with van der Waals surface area (Å²) in [6.07, 6.45) is 7.92. The SMILES string of the molecule is CCCCNC(=O)OC(C)(C)C.O=C(O)CNC(=O)[C@H](CC1CCCCC1)NC(=O)N1CCOCC1.[HH].[HH]. The van der Waals surface area contributed by atoms with Gasteiger partial charge in [0.05, 0.1) is 13.2 Å². The number of alkyl carbamates (subject to hydrolysis) is 1. The van der Waals surface area contributed by atoms with Gasteiger partial charge in [0.15, 0.2) is 0 Å². The molecule has 11 nitrogen and oxygen atoms in total. The Balaban J connectivity index is 0. The van der Waals surface area contributed by atoms with Crippen molar-refractivity contribution in [1.82, 2.24) is 20.9 Å². The van der Waals surface area contributed by atoms with Gasteiger partial charge in [-0.15, -0.1) is 0 Å². The summed E-state index contributed by atoms with van der Waals surface area (Å²) in [5.74, 6) is -1.13. The van der Waals surface area contributed by atoms with Crippen LogP contribution in [0.5, 0.6) is 0 Å². The van der Waals surface area contributed by atoms with Crippen molar-refractivity contribution in [2.45, 2.75) is 90.7 Å². The van der Waals surface area contributed by atoms with E-state index in [4.69, 9.17) is 14.6 Å².